The summed E-state index contributed by atoms with van der Waals surface area (Å²) in [4.78, 5) is 23.0. The van der Waals surface area contributed by atoms with Crippen LogP contribution in [-0.4, -0.2) is 11.8 Å². The van der Waals surface area contributed by atoms with Gasteiger partial charge in [-0.3, -0.25) is 14.9 Å². The third-order valence-corrected chi connectivity index (χ3v) is 2.91. The minimum Gasteiger partial charge on any atom is -0.457 e. The fourth-order valence-electron chi connectivity index (χ4n) is 2.02. The van der Waals surface area contributed by atoms with Crippen molar-refractivity contribution >= 4 is 11.8 Å². The summed E-state index contributed by atoms with van der Waals surface area (Å²) in [6.45, 7) is 0. The summed E-state index contributed by atoms with van der Waals surface area (Å²) >= 11 is 0. The second kappa shape index (κ2) is 4.57. The molecule has 0 radical (unpaired) electrons. The maximum Gasteiger partial charge on any atom is 0.258 e. The number of para-hydroxylation sites is 1. The Labute approximate surface area is 110 Å². The smallest absolute Gasteiger partial charge is 0.258 e. The lowest BCUT2D eigenvalue weighted by atomic mass is 10.00. The van der Waals surface area contributed by atoms with Crippen LogP contribution in [0.3, 0.4) is 0 Å². The van der Waals surface area contributed by atoms with E-state index in [1.54, 1.807) is 18.2 Å². The first-order valence-corrected chi connectivity index (χ1v) is 5.92. The van der Waals surface area contributed by atoms with E-state index in [4.69, 9.17) is 4.74 Å². The molecular weight excluding hydrogens is 242 g/mol. The molecule has 2 aromatic carbocycles. The van der Waals surface area contributed by atoms with Gasteiger partial charge in [0.25, 0.3) is 5.91 Å². The predicted octanol–water partition coefficient (Wildman–Crippen LogP) is 2.29. The van der Waals surface area contributed by atoms with Gasteiger partial charge < -0.3 is 4.74 Å². The highest BCUT2D eigenvalue weighted by atomic mass is 16.5. The van der Waals surface area contributed by atoms with Gasteiger partial charge in [-0.15, -0.1) is 0 Å². The van der Waals surface area contributed by atoms with Crippen LogP contribution in [0.4, 0.5) is 0 Å². The number of imide groups is 1. The molecule has 4 nitrogen and oxygen atoms in total. The third kappa shape index (κ3) is 2.33. The topological polar surface area (TPSA) is 55.4 Å². The number of nitrogens with one attached hydrogen (secondary N) is 1. The number of carbonyl (C=O) groups is 2. The standard InChI is InChI=1S/C15H11NO3/c17-14-8-10-6-7-12(9-13(10)15(18)16-14)19-11-4-2-1-3-5-11/h1-7,9H,8H2,(H,16,17,18). The average molecular weight is 253 g/mol. The molecule has 94 valence electrons. The molecule has 1 aliphatic rings. The number of carbonyl (C=O) groups excluding carboxylic acids is 2. The Kier molecular flexibility index (Phi) is 2.76. The second-order valence-electron chi connectivity index (χ2n) is 4.29. The summed E-state index contributed by atoms with van der Waals surface area (Å²) < 4.78 is 5.65. The van der Waals surface area contributed by atoms with Crippen molar-refractivity contribution in [2.24, 2.45) is 0 Å². The summed E-state index contributed by atoms with van der Waals surface area (Å²) in [6, 6.07) is 14.5. The largest absolute Gasteiger partial charge is 0.457 e. The highest BCUT2D eigenvalue weighted by Gasteiger charge is 2.22. The molecule has 0 saturated carbocycles. The number of rotatable bonds is 2. The molecule has 1 N–H and O–H groups in total. The summed E-state index contributed by atoms with van der Waals surface area (Å²) in [5.74, 6) is 0.642. The van der Waals surface area contributed by atoms with Gasteiger partial charge >= 0.3 is 0 Å². The summed E-state index contributed by atoms with van der Waals surface area (Å²) in [5, 5.41) is 2.29. The van der Waals surface area contributed by atoms with Crippen LogP contribution in [-0.2, 0) is 11.2 Å². The Morgan fingerprint density at radius 3 is 2.53 bits per heavy atom. The lowest BCUT2D eigenvalue weighted by molar-refractivity contribution is -0.119. The van der Waals surface area contributed by atoms with E-state index in [2.05, 4.69) is 5.32 Å². The van der Waals surface area contributed by atoms with Gasteiger partial charge in [0, 0.05) is 5.56 Å². The molecule has 0 saturated heterocycles. The fraction of sp³-hybridized carbons (Fsp3) is 0.0667. The minimum atomic E-state index is -0.371. The highest BCUT2D eigenvalue weighted by molar-refractivity contribution is 6.09. The van der Waals surface area contributed by atoms with E-state index < -0.39 is 0 Å². The van der Waals surface area contributed by atoms with Crippen molar-refractivity contribution in [3.8, 4) is 11.5 Å². The molecule has 2 aromatic rings. The van der Waals surface area contributed by atoms with Gasteiger partial charge in [-0.1, -0.05) is 24.3 Å². The average Bonchev–Trinajstić information content (AvgIpc) is 2.40. The summed E-state index contributed by atoms with van der Waals surface area (Å²) in [5.41, 5.74) is 1.22. The van der Waals surface area contributed by atoms with Crippen molar-refractivity contribution < 1.29 is 14.3 Å². The van der Waals surface area contributed by atoms with Gasteiger partial charge in [-0.25, -0.2) is 0 Å². The van der Waals surface area contributed by atoms with Gasteiger partial charge in [0.2, 0.25) is 5.91 Å². The van der Waals surface area contributed by atoms with Crippen molar-refractivity contribution in [3.05, 3.63) is 59.7 Å². The van der Waals surface area contributed by atoms with Crippen LogP contribution in [0.2, 0.25) is 0 Å². The third-order valence-electron chi connectivity index (χ3n) is 2.91. The normalized spacial score (nSPS) is 13.7. The van der Waals surface area contributed by atoms with Crippen molar-refractivity contribution in [2.75, 3.05) is 0 Å². The number of ether oxygens (including phenoxy) is 1. The van der Waals surface area contributed by atoms with Gasteiger partial charge in [0.1, 0.15) is 11.5 Å². The maximum atomic E-state index is 11.7. The van der Waals surface area contributed by atoms with Gasteiger partial charge in [0.05, 0.1) is 6.42 Å². The minimum absolute atomic E-state index is 0.229. The molecule has 0 aliphatic carbocycles. The van der Waals surface area contributed by atoms with Gasteiger partial charge in [-0.2, -0.15) is 0 Å². The van der Waals surface area contributed by atoms with E-state index >= 15 is 0 Å². The molecule has 0 bridgehead atoms. The van der Waals surface area contributed by atoms with Crippen molar-refractivity contribution in [1.82, 2.24) is 5.32 Å². The van der Waals surface area contributed by atoms with Crippen molar-refractivity contribution in [3.63, 3.8) is 0 Å². The molecule has 2 amide bonds. The molecule has 0 aromatic heterocycles. The molecule has 0 unspecified atom stereocenters. The van der Waals surface area contributed by atoms with E-state index in [1.807, 2.05) is 30.3 Å². The van der Waals surface area contributed by atoms with Gasteiger partial charge in [0.15, 0.2) is 0 Å². The maximum absolute atomic E-state index is 11.7. The molecular formula is C15H11NO3. The van der Waals surface area contributed by atoms with Crippen molar-refractivity contribution in [1.29, 1.82) is 0 Å². The molecule has 1 heterocycles. The van der Waals surface area contributed by atoms with Crippen LogP contribution < -0.4 is 10.1 Å². The Morgan fingerprint density at radius 1 is 0.947 bits per heavy atom. The first-order valence-electron chi connectivity index (χ1n) is 5.92. The van der Waals surface area contributed by atoms with Crippen LogP contribution in [0.25, 0.3) is 0 Å². The van der Waals surface area contributed by atoms with E-state index in [9.17, 15) is 9.59 Å². The lowest BCUT2D eigenvalue weighted by Crippen LogP contribution is -2.37. The monoisotopic (exact) mass is 253 g/mol. The predicted molar refractivity (Wildman–Crippen MR) is 69.1 cm³/mol. The Bertz CT molecular complexity index is 650. The van der Waals surface area contributed by atoms with E-state index in [1.165, 1.54) is 0 Å². The molecule has 3 rings (SSSR count). The highest BCUT2D eigenvalue weighted by Crippen LogP contribution is 2.25. The van der Waals surface area contributed by atoms with Crippen LogP contribution in [0.5, 0.6) is 11.5 Å². The number of hydrogen-bond acceptors (Lipinski definition) is 3. The lowest BCUT2D eigenvalue weighted by Gasteiger charge is -2.16. The van der Waals surface area contributed by atoms with Gasteiger partial charge in [-0.05, 0) is 29.8 Å². The number of amides is 2. The molecule has 0 atom stereocenters. The molecule has 4 heteroatoms. The van der Waals surface area contributed by atoms with E-state index in [0.717, 1.165) is 5.56 Å². The first-order chi connectivity index (χ1) is 9.22. The molecule has 0 fully saturated rings. The fourth-order valence-corrected chi connectivity index (χ4v) is 2.02. The SMILES string of the molecule is O=C1Cc2ccc(Oc3ccccc3)cc2C(=O)N1. The summed E-state index contributed by atoms with van der Waals surface area (Å²) in [7, 11) is 0. The van der Waals surface area contributed by atoms with E-state index in [-0.39, 0.29) is 18.2 Å². The molecule has 19 heavy (non-hydrogen) atoms. The van der Waals surface area contributed by atoms with Crippen LogP contribution >= 0.6 is 0 Å². The molecule has 0 spiro atoms. The zero-order chi connectivity index (χ0) is 13.2. The quantitative estimate of drug-likeness (QED) is 0.835. The summed E-state index contributed by atoms with van der Waals surface area (Å²) in [6.07, 6.45) is 0.229. The number of fused-ring (bicyclic) bond motifs is 1. The Balaban J connectivity index is 1.91. The molecule has 1 aliphatic heterocycles. The zero-order valence-electron chi connectivity index (χ0n) is 10.1. The Morgan fingerprint density at radius 2 is 1.74 bits per heavy atom. The van der Waals surface area contributed by atoms with Crippen LogP contribution in [0.1, 0.15) is 15.9 Å². The Hall–Kier alpha value is -2.62. The zero-order valence-corrected chi connectivity index (χ0v) is 10.1. The van der Waals surface area contributed by atoms with E-state index in [0.29, 0.717) is 17.1 Å². The van der Waals surface area contributed by atoms with Crippen LogP contribution in [0.15, 0.2) is 48.5 Å². The number of hydrogen-bond donors (Lipinski definition) is 1. The van der Waals surface area contributed by atoms with Crippen LogP contribution in [0, 0.1) is 0 Å². The number of benzene rings is 2. The first kappa shape index (κ1) is 11.5. The van der Waals surface area contributed by atoms with Crippen molar-refractivity contribution in [2.45, 2.75) is 6.42 Å². The second-order valence-corrected chi connectivity index (χ2v) is 4.29.